The molecule has 2 aromatic rings. The Morgan fingerprint density at radius 1 is 1.07 bits per heavy atom. The van der Waals surface area contributed by atoms with E-state index in [4.69, 9.17) is 4.74 Å². The molecule has 164 valence electrons. The van der Waals surface area contributed by atoms with Gasteiger partial charge in [0.2, 0.25) is 0 Å². The van der Waals surface area contributed by atoms with Gasteiger partial charge in [-0.3, -0.25) is 0 Å². The first-order valence-electron chi connectivity index (χ1n) is 10.7. The number of thiol groups is 1. The van der Waals surface area contributed by atoms with Gasteiger partial charge >= 0.3 is 6.09 Å². The Morgan fingerprint density at radius 3 is 2.27 bits per heavy atom. The van der Waals surface area contributed by atoms with E-state index in [1.807, 2.05) is 62.9 Å². The van der Waals surface area contributed by atoms with Gasteiger partial charge in [-0.1, -0.05) is 49.2 Å². The molecule has 1 amide bonds. The van der Waals surface area contributed by atoms with Crippen LogP contribution in [0.1, 0.15) is 52.9 Å². The van der Waals surface area contributed by atoms with E-state index in [1.54, 1.807) is 0 Å². The molecule has 1 fully saturated rings. The van der Waals surface area contributed by atoms with Crippen LogP contribution in [0.5, 0.6) is 0 Å². The van der Waals surface area contributed by atoms with Gasteiger partial charge < -0.3 is 10.1 Å². The van der Waals surface area contributed by atoms with E-state index in [0.717, 1.165) is 23.5 Å². The Balaban J connectivity index is 0.000000386. The first kappa shape index (κ1) is 24.7. The summed E-state index contributed by atoms with van der Waals surface area (Å²) in [6, 6.07) is 20.6. The van der Waals surface area contributed by atoms with Crippen LogP contribution in [0, 0.1) is 5.92 Å². The summed E-state index contributed by atoms with van der Waals surface area (Å²) in [5, 5.41) is 3.05. The Bertz CT molecular complexity index is 732. The second-order valence-electron chi connectivity index (χ2n) is 8.66. The molecule has 0 aromatic heterocycles. The highest BCUT2D eigenvalue weighted by Crippen LogP contribution is 2.29. The van der Waals surface area contributed by atoms with E-state index in [9.17, 15) is 4.79 Å². The highest BCUT2D eigenvalue weighted by atomic mass is 32.2. The first-order chi connectivity index (χ1) is 14.3. The number of carbonyl (C=O) groups excluding carboxylic acids is 1. The number of benzene rings is 2. The van der Waals surface area contributed by atoms with Gasteiger partial charge in [0.1, 0.15) is 5.60 Å². The van der Waals surface area contributed by atoms with E-state index in [2.05, 4.69) is 48.3 Å². The smallest absolute Gasteiger partial charge is 0.407 e. The largest absolute Gasteiger partial charge is 0.444 e. The van der Waals surface area contributed by atoms with Crippen LogP contribution in [-0.2, 0) is 4.74 Å². The number of nitrogens with one attached hydrogen (secondary N) is 1. The SMILES string of the molecule is CC(C)(C)OC(=O)N[C@H]1CCC[C@@H](CCSc2ccccc2)C1.Sc1ccccc1. The van der Waals surface area contributed by atoms with Crippen LogP contribution in [-0.4, -0.2) is 23.5 Å². The first-order valence-corrected chi connectivity index (χ1v) is 12.2. The molecule has 2 atom stereocenters. The third-order valence-corrected chi connectivity index (χ3v) is 6.14. The number of hydrogen-bond acceptors (Lipinski definition) is 4. The molecule has 0 aliphatic heterocycles. The van der Waals surface area contributed by atoms with E-state index >= 15 is 0 Å². The molecular formula is C25H35NO2S2. The highest BCUT2D eigenvalue weighted by molar-refractivity contribution is 7.99. The second kappa shape index (κ2) is 13.0. The molecule has 0 unspecified atom stereocenters. The van der Waals surface area contributed by atoms with Crippen molar-refractivity contribution >= 4 is 30.5 Å². The van der Waals surface area contributed by atoms with Crippen molar-refractivity contribution in [3.63, 3.8) is 0 Å². The molecule has 3 nitrogen and oxygen atoms in total. The lowest BCUT2D eigenvalue weighted by atomic mass is 9.84. The van der Waals surface area contributed by atoms with Gasteiger partial charge in [-0.05, 0) is 76.0 Å². The van der Waals surface area contributed by atoms with Crippen LogP contribution in [0.3, 0.4) is 0 Å². The fourth-order valence-corrected chi connectivity index (χ4v) is 4.66. The molecule has 0 bridgehead atoms. The average Bonchev–Trinajstić information content (AvgIpc) is 2.69. The highest BCUT2D eigenvalue weighted by Gasteiger charge is 2.25. The molecular weight excluding hydrogens is 410 g/mol. The summed E-state index contributed by atoms with van der Waals surface area (Å²) in [7, 11) is 0. The van der Waals surface area contributed by atoms with Crippen molar-refractivity contribution in [3.8, 4) is 0 Å². The summed E-state index contributed by atoms with van der Waals surface area (Å²) in [6.07, 6.45) is 5.56. The standard InChI is InChI=1S/C19H29NO2S.C6H6S/c1-19(2,3)22-18(21)20-16-9-7-8-15(14-16)12-13-23-17-10-5-4-6-11-17;7-6-4-2-1-3-5-6/h4-6,10-11,15-16H,7-9,12-14H2,1-3H3,(H,20,21);1-5,7H/t15-,16-;/m0./s1. The van der Waals surface area contributed by atoms with Gasteiger partial charge in [-0.2, -0.15) is 0 Å². The minimum absolute atomic E-state index is 0.269. The van der Waals surface area contributed by atoms with Gasteiger partial charge in [-0.15, -0.1) is 24.4 Å². The molecule has 1 aliphatic rings. The quantitative estimate of drug-likeness (QED) is 0.377. The predicted octanol–water partition coefficient (Wildman–Crippen LogP) is 7.23. The zero-order valence-corrected chi connectivity index (χ0v) is 20.1. The molecule has 0 spiro atoms. The Morgan fingerprint density at radius 2 is 1.70 bits per heavy atom. The van der Waals surface area contributed by atoms with Crippen LogP contribution >= 0.6 is 24.4 Å². The maximum atomic E-state index is 11.9. The van der Waals surface area contributed by atoms with Crippen LogP contribution in [0.4, 0.5) is 4.79 Å². The number of carbonyl (C=O) groups is 1. The van der Waals surface area contributed by atoms with Gasteiger partial charge in [0.05, 0.1) is 0 Å². The molecule has 2 aromatic carbocycles. The van der Waals surface area contributed by atoms with Crippen LogP contribution in [0.2, 0.25) is 0 Å². The number of thioether (sulfide) groups is 1. The molecule has 5 heteroatoms. The molecule has 1 saturated carbocycles. The summed E-state index contributed by atoms with van der Waals surface area (Å²) in [6.45, 7) is 5.70. The molecule has 0 radical (unpaired) electrons. The fraction of sp³-hybridized carbons (Fsp3) is 0.480. The zero-order chi connectivity index (χ0) is 21.8. The fourth-order valence-electron chi connectivity index (χ4n) is 3.45. The van der Waals surface area contributed by atoms with Gasteiger partial charge in [-0.25, -0.2) is 4.79 Å². The van der Waals surface area contributed by atoms with Crippen LogP contribution < -0.4 is 5.32 Å². The van der Waals surface area contributed by atoms with E-state index in [-0.39, 0.29) is 12.1 Å². The second-order valence-corrected chi connectivity index (χ2v) is 10.3. The number of ether oxygens (including phenoxy) is 1. The number of hydrogen-bond donors (Lipinski definition) is 2. The monoisotopic (exact) mass is 445 g/mol. The summed E-state index contributed by atoms with van der Waals surface area (Å²) in [5.41, 5.74) is -0.426. The summed E-state index contributed by atoms with van der Waals surface area (Å²) in [4.78, 5) is 14.3. The third-order valence-electron chi connectivity index (χ3n) is 4.80. The van der Waals surface area contributed by atoms with Gasteiger partial charge in [0.25, 0.3) is 0 Å². The Labute approximate surface area is 191 Å². The Kier molecular flexibility index (Phi) is 10.7. The Hall–Kier alpha value is -1.59. The molecule has 0 heterocycles. The van der Waals surface area contributed by atoms with Crippen molar-refractivity contribution in [1.82, 2.24) is 5.32 Å². The number of amides is 1. The van der Waals surface area contributed by atoms with Crippen molar-refractivity contribution in [3.05, 3.63) is 60.7 Å². The van der Waals surface area contributed by atoms with Gasteiger partial charge in [0.15, 0.2) is 0 Å². The van der Waals surface area contributed by atoms with Crippen molar-refractivity contribution in [1.29, 1.82) is 0 Å². The normalized spacial score (nSPS) is 18.7. The maximum absolute atomic E-state index is 11.9. The lowest BCUT2D eigenvalue weighted by molar-refractivity contribution is 0.0484. The molecule has 1 aliphatic carbocycles. The predicted molar refractivity (Wildman–Crippen MR) is 131 cm³/mol. The molecule has 0 saturated heterocycles. The molecule has 1 N–H and O–H groups in total. The maximum Gasteiger partial charge on any atom is 0.407 e. The third kappa shape index (κ3) is 11.0. The van der Waals surface area contributed by atoms with Gasteiger partial charge in [0, 0.05) is 15.8 Å². The van der Waals surface area contributed by atoms with E-state index < -0.39 is 5.60 Å². The van der Waals surface area contributed by atoms with E-state index in [1.165, 1.54) is 24.2 Å². The molecule has 3 rings (SSSR count). The lowest BCUT2D eigenvalue weighted by Gasteiger charge is -2.30. The summed E-state index contributed by atoms with van der Waals surface area (Å²) >= 11 is 6.01. The minimum Gasteiger partial charge on any atom is -0.444 e. The summed E-state index contributed by atoms with van der Waals surface area (Å²) in [5.74, 6) is 1.85. The van der Waals surface area contributed by atoms with Crippen molar-refractivity contribution in [2.24, 2.45) is 5.92 Å². The van der Waals surface area contributed by atoms with Crippen molar-refractivity contribution < 1.29 is 9.53 Å². The minimum atomic E-state index is -0.426. The lowest BCUT2D eigenvalue weighted by Crippen LogP contribution is -2.41. The van der Waals surface area contributed by atoms with Crippen LogP contribution in [0.25, 0.3) is 0 Å². The number of rotatable bonds is 5. The summed E-state index contributed by atoms with van der Waals surface area (Å²) < 4.78 is 5.36. The topological polar surface area (TPSA) is 38.3 Å². The zero-order valence-electron chi connectivity index (χ0n) is 18.3. The average molecular weight is 446 g/mol. The van der Waals surface area contributed by atoms with Crippen molar-refractivity contribution in [2.75, 3.05) is 5.75 Å². The number of alkyl carbamates (subject to hydrolysis) is 1. The van der Waals surface area contributed by atoms with Crippen LogP contribution in [0.15, 0.2) is 70.5 Å². The molecule has 30 heavy (non-hydrogen) atoms. The van der Waals surface area contributed by atoms with E-state index in [0.29, 0.717) is 5.92 Å². The van der Waals surface area contributed by atoms with Crippen molar-refractivity contribution in [2.45, 2.75) is 74.3 Å².